The number of para-hydroxylation sites is 1. The number of nitrogens with one attached hydrogen (secondary N) is 1. The molecule has 0 spiro atoms. The third-order valence-corrected chi connectivity index (χ3v) is 3.84. The average molecular weight is 282 g/mol. The van der Waals surface area contributed by atoms with Crippen molar-refractivity contribution in [2.75, 3.05) is 0 Å². The van der Waals surface area contributed by atoms with E-state index in [2.05, 4.69) is 6.07 Å². The van der Waals surface area contributed by atoms with Crippen LogP contribution in [-0.2, 0) is 0 Å². The maximum absolute atomic E-state index is 12.3. The SMILES string of the molecule is CC(C)C1c2c(c3ccccc3oc2=O)OC(=N)C1C#N. The molecule has 1 aromatic carbocycles. The van der Waals surface area contributed by atoms with Gasteiger partial charge in [0.15, 0.2) is 5.75 Å². The van der Waals surface area contributed by atoms with Crippen molar-refractivity contribution < 1.29 is 9.15 Å². The molecule has 1 aromatic heterocycles. The topological polar surface area (TPSA) is 87.1 Å². The van der Waals surface area contributed by atoms with Gasteiger partial charge < -0.3 is 9.15 Å². The van der Waals surface area contributed by atoms with Crippen molar-refractivity contribution in [2.24, 2.45) is 11.8 Å². The van der Waals surface area contributed by atoms with Crippen molar-refractivity contribution in [3.05, 3.63) is 40.2 Å². The Kier molecular flexibility index (Phi) is 3.02. The second-order valence-corrected chi connectivity index (χ2v) is 5.47. The van der Waals surface area contributed by atoms with Crippen molar-refractivity contribution in [3.8, 4) is 11.8 Å². The molecule has 1 aliphatic heterocycles. The summed E-state index contributed by atoms with van der Waals surface area (Å²) in [6.07, 6.45) is 0. The van der Waals surface area contributed by atoms with Crippen molar-refractivity contribution in [3.63, 3.8) is 0 Å². The van der Waals surface area contributed by atoms with E-state index in [1.54, 1.807) is 18.2 Å². The molecule has 5 heteroatoms. The molecular weight excluding hydrogens is 268 g/mol. The van der Waals surface area contributed by atoms with Gasteiger partial charge in [0.25, 0.3) is 0 Å². The summed E-state index contributed by atoms with van der Waals surface area (Å²) in [6.45, 7) is 3.85. The fourth-order valence-electron chi connectivity index (χ4n) is 2.89. The number of hydrogen-bond acceptors (Lipinski definition) is 5. The first-order valence-electron chi connectivity index (χ1n) is 6.76. The van der Waals surface area contributed by atoms with E-state index in [9.17, 15) is 10.1 Å². The third kappa shape index (κ3) is 1.91. The molecular formula is C16H14N2O3. The van der Waals surface area contributed by atoms with Crippen LogP contribution in [-0.4, -0.2) is 5.90 Å². The van der Waals surface area contributed by atoms with Crippen LogP contribution in [0, 0.1) is 28.6 Å². The molecule has 0 amide bonds. The van der Waals surface area contributed by atoms with Gasteiger partial charge in [-0.15, -0.1) is 0 Å². The lowest BCUT2D eigenvalue weighted by Gasteiger charge is -2.31. The van der Waals surface area contributed by atoms with Crippen LogP contribution in [0.5, 0.6) is 5.75 Å². The predicted octanol–water partition coefficient (Wildman–Crippen LogP) is 3.04. The van der Waals surface area contributed by atoms with Gasteiger partial charge in [-0.1, -0.05) is 26.0 Å². The molecule has 1 N–H and O–H groups in total. The van der Waals surface area contributed by atoms with E-state index in [0.717, 1.165) is 0 Å². The molecule has 2 heterocycles. The minimum absolute atomic E-state index is 0.0155. The van der Waals surface area contributed by atoms with E-state index in [4.69, 9.17) is 14.6 Å². The standard InChI is InChI=1S/C16H14N2O3/c1-8(2)12-10(7-17)15(18)21-14-9-5-3-4-6-11(9)20-16(19)13(12)14/h3-6,8,10,12,18H,1-2H3. The third-order valence-electron chi connectivity index (χ3n) is 3.84. The van der Waals surface area contributed by atoms with Crippen molar-refractivity contribution >= 4 is 16.9 Å². The highest BCUT2D eigenvalue weighted by Gasteiger charge is 2.41. The largest absolute Gasteiger partial charge is 0.441 e. The highest BCUT2D eigenvalue weighted by molar-refractivity contribution is 5.92. The zero-order chi connectivity index (χ0) is 15.1. The molecule has 106 valence electrons. The molecule has 2 aromatic rings. The van der Waals surface area contributed by atoms with Gasteiger partial charge in [-0.05, 0) is 18.1 Å². The quantitative estimate of drug-likeness (QED) is 0.814. The summed E-state index contributed by atoms with van der Waals surface area (Å²) in [5.41, 5.74) is 0.299. The van der Waals surface area contributed by atoms with Gasteiger partial charge in [0.05, 0.1) is 17.0 Å². The zero-order valence-electron chi connectivity index (χ0n) is 11.7. The minimum Gasteiger partial charge on any atom is -0.441 e. The summed E-state index contributed by atoms with van der Waals surface area (Å²) >= 11 is 0. The predicted molar refractivity (Wildman–Crippen MR) is 77.5 cm³/mol. The van der Waals surface area contributed by atoms with Crippen LogP contribution < -0.4 is 10.4 Å². The number of hydrogen-bond donors (Lipinski definition) is 1. The van der Waals surface area contributed by atoms with E-state index < -0.39 is 17.5 Å². The van der Waals surface area contributed by atoms with Gasteiger partial charge in [0.1, 0.15) is 11.5 Å². The highest BCUT2D eigenvalue weighted by atomic mass is 16.5. The Labute approximate surface area is 121 Å². The lowest BCUT2D eigenvalue weighted by molar-refractivity contribution is 0.358. The van der Waals surface area contributed by atoms with E-state index in [1.807, 2.05) is 19.9 Å². The molecule has 2 unspecified atom stereocenters. The first-order valence-corrected chi connectivity index (χ1v) is 6.76. The number of fused-ring (bicyclic) bond motifs is 3. The molecule has 1 aliphatic rings. The fraction of sp³-hybridized carbons (Fsp3) is 0.312. The van der Waals surface area contributed by atoms with Crippen LogP contribution in [0.3, 0.4) is 0 Å². The average Bonchev–Trinajstić information content (AvgIpc) is 2.45. The Hall–Kier alpha value is -2.61. The van der Waals surface area contributed by atoms with Crippen LogP contribution in [0.25, 0.3) is 11.0 Å². The Morgan fingerprint density at radius 3 is 2.71 bits per heavy atom. The van der Waals surface area contributed by atoms with E-state index in [-0.39, 0.29) is 11.8 Å². The Morgan fingerprint density at radius 2 is 2.05 bits per heavy atom. The van der Waals surface area contributed by atoms with Crippen molar-refractivity contribution in [1.29, 1.82) is 10.7 Å². The van der Waals surface area contributed by atoms with Gasteiger partial charge in [0, 0.05) is 5.92 Å². The second-order valence-electron chi connectivity index (χ2n) is 5.47. The van der Waals surface area contributed by atoms with Crippen LogP contribution in [0.1, 0.15) is 25.3 Å². The normalized spacial score (nSPS) is 21.0. The molecule has 0 bridgehead atoms. The molecule has 0 fully saturated rings. The monoisotopic (exact) mass is 282 g/mol. The highest BCUT2D eigenvalue weighted by Crippen LogP contribution is 2.43. The van der Waals surface area contributed by atoms with Crippen molar-refractivity contribution in [1.82, 2.24) is 0 Å². The first-order chi connectivity index (χ1) is 10.0. The summed E-state index contributed by atoms with van der Waals surface area (Å²) in [4.78, 5) is 12.3. The molecule has 5 nitrogen and oxygen atoms in total. The number of nitriles is 1. The summed E-state index contributed by atoms with van der Waals surface area (Å²) in [6, 6.07) is 9.13. The molecule has 21 heavy (non-hydrogen) atoms. The Bertz CT molecular complexity index is 830. The van der Waals surface area contributed by atoms with Gasteiger partial charge in [-0.25, -0.2) is 4.79 Å². The summed E-state index contributed by atoms with van der Waals surface area (Å²) < 4.78 is 10.9. The number of benzene rings is 1. The molecule has 2 atom stereocenters. The minimum atomic E-state index is -0.762. The molecule has 0 saturated heterocycles. The van der Waals surface area contributed by atoms with Gasteiger partial charge in [-0.3, -0.25) is 5.41 Å². The fourth-order valence-corrected chi connectivity index (χ4v) is 2.89. The van der Waals surface area contributed by atoms with Gasteiger partial charge >= 0.3 is 5.63 Å². The lowest BCUT2D eigenvalue weighted by atomic mass is 9.77. The van der Waals surface area contributed by atoms with Crippen LogP contribution in [0.2, 0.25) is 0 Å². The smallest absolute Gasteiger partial charge is 0.343 e. The molecule has 0 aliphatic carbocycles. The van der Waals surface area contributed by atoms with Crippen LogP contribution in [0.15, 0.2) is 33.5 Å². The molecule has 0 saturated carbocycles. The van der Waals surface area contributed by atoms with E-state index in [1.165, 1.54) is 0 Å². The van der Waals surface area contributed by atoms with Crippen LogP contribution >= 0.6 is 0 Å². The van der Waals surface area contributed by atoms with Crippen molar-refractivity contribution in [2.45, 2.75) is 19.8 Å². The number of nitrogens with zero attached hydrogens (tertiary/aromatic N) is 1. The first kappa shape index (κ1) is 13.4. The number of ether oxygens (including phenoxy) is 1. The lowest BCUT2D eigenvalue weighted by Crippen LogP contribution is -2.36. The van der Waals surface area contributed by atoms with Gasteiger partial charge in [0.2, 0.25) is 5.90 Å². The van der Waals surface area contributed by atoms with Crippen LogP contribution in [0.4, 0.5) is 0 Å². The van der Waals surface area contributed by atoms with Gasteiger partial charge in [-0.2, -0.15) is 5.26 Å². The maximum atomic E-state index is 12.3. The summed E-state index contributed by atoms with van der Waals surface area (Å²) in [5, 5.41) is 17.9. The Morgan fingerprint density at radius 1 is 1.33 bits per heavy atom. The molecule has 0 radical (unpaired) electrons. The van der Waals surface area contributed by atoms with E-state index >= 15 is 0 Å². The zero-order valence-corrected chi connectivity index (χ0v) is 11.7. The van der Waals surface area contributed by atoms with E-state index in [0.29, 0.717) is 22.3 Å². The second kappa shape index (κ2) is 4.74. The molecule has 3 rings (SSSR count). The Balaban J connectivity index is 2.39. The summed E-state index contributed by atoms with van der Waals surface area (Å²) in [7, 11) is 0. The number of rotatable bonds is 1. The maximum Gasteiger partial charge on any atom is 0.343 e. The summed E-state index contributed by atoms with van der Waals surface area (Å²) in [5.74, 6) is -0.896.